The van der Waals surface area contributed by atoms with Crippen molar-refractivity contribution in [1.29, 1.82) is 0 Å². The molecule has 1 aromatic rings. The van der Waals surface area contributed by atoms with Crippen LogP contribution in [0.3, 0.4) is 0 Å². The van der Waals surface area contributed by atoms with Gasteiger partial charge in [0.2, 0.25) is 5.91 Å². The van der Waals surface area contributed by atoms with Crippen LogP contribution in [0, 0.1) is 0 Å². The highest BCUT2D eigenvalue weighted by molar-refractivity contribution is 6.04. The van der Waals surface area contributed by atoms with Crippen LogP contribution in [0.4, 0.5) is 5.69 Å². The number of nitrogens with one attached hydrogen (secondary N) is 1. The molecule has 1 atom stereocenters. The Morgan fingerprint density at radius 1 is 1.41 bits per heavy atom. The minimum atomic E-state index is -0.231. The highest BCUT2D eigenvalue weighted by atomic mass is 16.5. The molecule has 0 saturated heterocycles. The van der Waals surface area contributed by atoms with Gasteiger partial charge in [0.15, 0.2) is 0 Å². The van der Waals surface area contributed by atoms with Gasteiger partial charge in [-0.15, -0.1) is 0 Å². The van der Waals surface area contributed by atoms with Gasteiger partial charge in [0.1, 0.15) is 11.8 Å². The molecule has 0 radical (unpaired) electrons. The highest BCUT2D eigenvalue weighted by Gasteiger charge is 2.35. The molecule has 1 unspecified atom stereocenters. The van der Waals surface area contributed by atoms with E-state index in [0.717, 1.165) is 23.5 Å². The Morgan fingerprint density at radius 3 is 2.76 bits per heavy atom. The van der Waals surface area contributed by atoms with Crippen LogP contribution in [0.2, 0.25) is 0 Å². The summed E-state index contributed by atoms with van der Waals surface area (Å²) in [5, 5.41) is 3.22. The smallest absolute Gasteiger partial charge is 0.248 e. The van der Waals surface area contributed by atoms with E-state index in [4.69, 9.17) is 4.74 Å². The average molecular weight is 234 g/mol. The van der Waals surface area contributed by atoms with Gasteiger partial charge in [-0.25, -0.2) is 0 Å². The van der Waals surface area contributed by atoms with Crippen LogP contribution in [0.15, 0.2) is 18.2 Å². The van der Waals surface area contributed by atoms with E-state index >= 15 is 0 Å². The molecule has 17 heavy (non-hydrogen) atoms. The zero-order valence-electron chi connectivity index (χ0n) is 10.5. The van der Waals surface area contributed by atoms with Crippen molar-refractivity contribution in [3.8, 4) is 5.75 Å². The van der Waals surface area contributed by atoms with E-state index in [1.807, 2.05) is 36.9 Å². The van der Waals surface area contributed by atoms with Crippen molar-refractivity contribution in [3.05, 3.63) is 23.8 Å². The molecule has 0 saturated carbocycles. The SMILES string of the molecule is CCNC1C(=O)N(CC)c2ccc(OC)cc21. The first-order chi connectivity index (χ1) is 8.22. The van der Waals surface area contributed by atoms with Crippen LogP contribution in [-0.4, -0.2) is 26.1 Å². The molecule has 1 aromatic carbocycles. The Morgan fingerprint density at radius 2 is 2.18 bits per heavy atom. The minimum absolute atomic E-state index is 0.123. The number of methoxy groups -OCH3 is 1. The second-order valence-electron chi connectivity index (χ2n) is 4.00. The molecule has 92 valence electrons. The molecule has 1 N–H and O–H groups in total. The maximum Gasteiger partial charge on any atom is 0.248 e. The van der Waals surface area contributed by atoms with Crippen molar-refractivity contribution in [2.24, 2.45) is 0 Å². The molecule has 0 spiro atoms. The summed E-state index contributed by atoms with van der Waals surface area (Å²) in [4.78, 5) is 14.0. The number of carbonyl (C=O) groups is 1. The van der Waals surface area contributed by atoms with E-state index in [0.29, 0.717) is 6.54 Å². The zero-order chi connectivity index (χ0) is 12.4. The first-order valence-electron chi connectivity index (χ1n) is 5.95. The number of carbonyl (C=O) groups excluding carboxylic acids is 1. The van der Waals surface area contributed by atoms with Crippen molar-refractivity contribution >= 4 is 11.6 Å². The van der Waals surface area contributed by atoms with Gasteiger partial charge in [0, 0.05) is 17.8 Å². The summed E-state index contributed by atoms with van der Waals surface area (Å²) in [6.45, 7) is 5.45. The largest absolute Gasteiger partial charge is 0.497 e. The topological polar surface area (TPSA) is 41.6 Å². The fraction of sp³-hybridized carbons (Fsp3) is 0.462. The summed E-state index contributed by atoms with van der Waals surface area (Å²) in [6.07, 6.45) is 0. The van der Waals surface area contributed by atoms with Gasteiger partial charge in [-0.1, -0.05) is 6.92 Å². The molecule has 2 rings (SSSR count). The monoisotopic (exact) mass is 234 g/mol. The molecular weight excluding hydrogens is 216 g/mol. The molecule has 4 nitrogen and oxygen atoms in total. The third-order valence-corrected chi connectivity index (χ3v) is 3.07. The number of fused-ring (bicyclic) bond motifs is 1. The van der Waals surface area contributed by atoms with Gasteiger partial charge in [0.25, 0.3) is 0 Å². The summed E-state index contributed by atoms with van der Waals surface area (Å²) < 4.78 is 5.21. The number of hydrogen-bond acceptors (Lipinski definition) is 3. The Hall–Kier alpha value is -1.55. The molecule has 0 fully saturated rings. The van der Waals surface area contributed by atoms with Gasteiger partial charge >= 0.3 is 0 Å². The van der Waals surface area contributed by atoms with Gasteiger partial charge in [-0.3, -0.25) is 4.79 Å². The van der Waals surface area contributed by atoms with Gasteiger partial charge in [-0.05, 0) is 31.7 Å². The molecule has 1 amide bonds. The van der Waals surface area contributed by atoms with Gasteiger partial charge in [0.05, 0.1) is 7.11 Å². The third kappa shape index (κ3) is 1.89. The summed E-state index contributed by atoms with van der Waals surface area (Å²) in [5.41, 5.74) is 2.00. The van der Waals surface area contributed by atoms with E-state index in [1.165, 1.54) is 0 Å². The molecule has 1 aliphatic heterocycles. The van der Waals surface area contributed by atoms with E-state index in [1.54, 1.807) is 7.11 Å². The van der Waals surface area contributed by atoms with Crippen LogP contribution in [0.5, 0.6) is 5.75 Å². The molecule has 0 aromatic heterocycles. The summed E-state index contributed by atoms with van der Waals surface area (Å²) in [5.74, 6) is 0.912. The van der Waals surface area contributed by atoms with Crippen LogP contribution < -0.4 is 15.0 Å². The van der Waals surface area contributed by atoms with Crippen LogP contribution >= 0.6 is 0 Å². The fourth-order valence-corrected chi connectivity index (χ4v) is 2.27. The van der Waals surface area contributed by atoms with E-state index in [9.17, 15) is 4.79 Å². The number of benzene rings is 1. The predicted octanol–water partition coefficient (Wildman–Crippen LogP) is 1.71. The minimum Gasteiger partial charge on any atom is -0.497 e. The van der Waals surface area contributed by atoms with Gasteiger partial charge < -0.3 is 15.0 Å². The quantitative estimate of drug-likeness (QED) is 0.862. The maximum atomic E-state index is 12.2. The fourth-order valence-electron chi connectivity index (χ4n) is 2.27. The standard InChI is InChI=1S/C13H18N2O2/c1-4-14-12-10-8-9(17-3)6-7-11(10)15(5-2)13(12)16/h6-8,12,14H,4-5H2,1-3H3. The second kappa shape index (κ2) is 4.75. The molecule has 1 aliphatic rings. The maximum absolute atomic E-state index is 12.2. The Balaban J connectivity index is 2.45. The van der Waals surface area contributed by atoms with Crippen LogP contribution in [0.1, 0.15) is 25.5 Å². The number of amides is 1. The van der Waals surface area contributed by atoms with Crippen LogP contribution in [0.25, 0.3) is 0 Å². The normalized spacial score (nSPS) is 18.4. The van der Waals surface area contributed by atoms with Crippen molar-refractivity contribution in [1.82, 2.24) is 5.32 Å². The van der Waals surface area contributed by atoms with Crippen molar-refractivity contribution < 1.29 is 9.53 Å². The van der Waals surface area contributed by atoms with E-state index in [2.05, 4.69) is 5.32 Å². The first kappa shape index (κ1) is 11.9. The van der Waals surface area contributed by atoms with Crippen molar-refractivity contribution in [3.63, 3.8) is 0 Å². The lowest BCUT2D eigenvalue weighted by Crippen LogP contribution is -2.34. The number of hydrogen-bond donors (Lipinski definition) is 1. The highest BCUT2D eigenvalue weighted by Crippen LogP contribution is 2.37. The van der Waals surface area contributed by atoms with Crippen molar-refractivity contribution in [2.75, 3.05) is 25.1 Å². The molecule has 0 bridgehead atoms. The molecule has 0 aliphatic carbocycles. The average Bonchev–Trinajstić information content (AvgIpc) is 2.62. The summed E-state index contributed by atoms with van der Waals surface area (Å²) in [6, 6.07) is 5.55. The Labute approximate surface area is 102 Å². The number of nitrogens with zero attached hydrogens (tertiary/aromatic N) is 1. The second-order valence-corrected chi connectivity index (χ2v) is 4.00. The molecular formula is C13H18N2O2. The Kier molecular flexibility index (Phi) is 3.33. The summed E-state index contributed by atoms with van der Waals surface area (Å²) >= 11 is 0. The lowest BCUT2D eigenvalue weighted by Gasteiger charge is -2.15. The Bertz CT molecular complexity index is 431. The number of rotatable bonds is 4. The first-order valence-corrected chi connectivity index (χ1v) is 5.95. The molecule has 4 heteroatoms. The molecule has 1 heterocycles. The summed E-state index contributed by atoms with van der Waals surface area (Å²) in [7, 11) is 1.64. The number of ether oxygens (including phenoxy) is 1. The number of anilines is 1. The van der Waals surface area contributed by atoms with Crippen molar-refractivity contribution in [2.45, 2.75) is 19.9 Å². The predicted molar refractivity (Wildman–Crippen MR) is 67.4 cm³/mol. The van der Waals surface area contributed by atoms with E-state index in [-0.39, 0.29) is 11.9 Å². The number of likely N-dealkylation sites (N-methyl/N-ethyl adjacent to an activating group) is 2. The lowest BCUT2D eigenvalue weighted by atomic mass is 10.1. The lowest BCUT2D eigenvalue weighted by molar-refractivity contribution is -0.119. The van der Waals surface area contributed by atoms with Gasteiger partial charge in [-0.2, -0.15) is 0 Å². The zero-order valence-corrected chi connectivity index (χ0v) is 10.5. The van der Waals surface area contributed by atoms with Crippen LogP contribution in [-0.2, 0) is 4.79 Å². The van der Waals surface area contributed by atoms with E-state index < -0.39 is 0 Å². The third-order valence-electron chi connectivity index (χ3n) is 3.07.